The summed E-state index contributed by atoms with van der Waals surface area (Å²) in [5, 5.41) is 4.69. The lowest BCUT2D eigenvalue weighted by atomic mass is 10.1. The van der Waals surface area contributed by atoms with Crippen LogP contribution in [-0.2, 0) is 0 Å². The van der Waals surface area contributed by atoms with E-state index >= 15 is 0 Å². The highest BCUT2D eigenvalue weighted by atomic mass is 35.5. The molecule has 0 unspecified atom stereocenters. The van der Waals surface area contributed by atoms with Gasteiger partial charge in [-0.25, -0.2) is 0 Å². The van der Waals surface area contributed by atoms with Crippen molar-refractivity contribution in [2.24, 2.45) is 0 Å². The minimum absolute atomic E-state index is 0.213. The number of rotatable bonds is 1. The fourth-order valence-electron chi connectivity index (χ4n) is 2.60. The number of piperazine rings is 1. The standard InChI is InChI=1S/C13H19ClN6/c1-13(2,3)19-6-4-18(5-7-19)11-8-10(14)17-12-15-9-16-20(11)12/h8-9H,4-7H2,1-3H3. The highest BCUT2D eigenvalue weighted by Gasteiger charge is 2.27. The summed E-state index contributed by atoms with van der Waals surface area (Å²) in [6, 6.07) is 1.86. The highest BCUT2D eigenvalue weighted by Crippen LogP contribution is 2.22. The van der Waals surface area contributed by atoms with Crippen LogP contribution in [-0.4, -0.2) is 56.2 Å². The minimum Gasteiger partial charge on any atom is -0.354 e. The second-order valence-electron chi connectivity index (χ2n) is 6.05. The average Bonchev–Trinajstić information content (AvgIpc) is 2.85. The molecule has 1 aliphatic rings. The van der Waals surface area contributed by atoms with Crippen LogP contribution in [0.15, 0.2) is 12.4 Å². The quantitative estimate of drug-likeness (QED) is 0.749. The fourth-order valence-corrected chi connectivity index (χ4v) is 2.77. The van der Waals surface area contributed by atoms with Crippen molar-refractivity contribution in [1.29, 1.82) is 0 Å². The molecule has 1 aliphatic heterocycles. The molecule has 6 nitrogen and oxygen atoms in total. The molecule has 108 valence electrons. The lowest BCUT2D eigenvalue weighted by molar-refractivity contribution is 0.128. The van der Waals surface area contributed by atoms with Crippen molar-refractivity contribution in [2.75, 3.05) is 31.1 Å². The molecule has 2 aromatic heterocycles. The summed E-state index contributed by atoms with van der Waals surface area (Å²) in [5.41, 5.74) is 0.213. The van der Waals surface area contributed by atoms with E-state index in [1.807, 2.05) is 6.07 Å². The first-order valence-corrected chi connectivity index (χ1v) is 7.19. The van der Waals surface area contributed by atoms with Gasteiger partial charge in [0.25, 0.3) is 5.78 Å². The second-order valence-corrected chi connectivity index (χ2v) is 6.44. The molecular formula is C13H19ClN6. The molecule has 0 radical (unpaired) electrons. The van der Waals surface area contributed by atoms with Crippen LogP contribution >= 0.6 is 11.6 Å². The lowest BCUT2D eigenvalue weighted by Crippen LogP contribution is -2.53. The number of anilines is 1. The van der Waals surface area contributed by atoms with Crippen LogP contribution in [0.2, 0.25) is 5.15 Å². The number of hydrogen-bond acceptors (Lipinski definition) is 5. The number of hydrogen-bond donors (Lipinski definition) is 0. The van der Waals surface area contributed by atoms with Gasteiger partial charge in [-0.05, 0) is 20.8 Å². The Morgan fingerprint density at radius 3 is 2.50 bits per heavy atom. The van der Waals surface area contributed by atoms with Crippen LogP contribution in [0, 0.1) is 0 Å². The molecule has 3 heterocycles. The van der Waals surface area contributed by atoms with E-state index in [2.05, 4.69) is 45.6 Å². The van der Waals surface area contributed by atoms with E-state index in [0.29, 0.717) is 10.9 Å². The molecule has 2 aromatic rings. The van der Waals surface area contributed by atoms with Gasteiger partial charge in [0.15, 0.2) is 0 Å². The van der Waals surface area contributed by atoms with Crippen molar-refractivity contribution < 1.29 is 0 Å². The number of nitrogens with zero attached hydrogens (tertiary/aromatic N) is 6. The van der Waals surface area contributed by atoms with Crippen LogP contribution < -0.4 is 4.90 Å². The van der Waals surface area contributed by atoms with Gasteiger partial charge < -0.3 is 4.90 Å². The minimum atomic E-state index is 0.213. The van der Waals surface area contributed by atoms with Gasteiger partial charge in [0.2, 0.25) is 0 Å². The molecule has 0 aliphatic carbocycles. The molecule has 0 atom stereocenters. The average molecular weight is 295 g/mol. The molecule has 20 heavy (non-hydrogen) atoms. The van der Waals surface area contributed by atoms with Crippen LogP contribution in [0.25, 0.3) is 5.78 Å². The largest absolute Gasteiger partial charge is 0.354 e. The van der Waals surface area contributed by atoms with Crippen LogP contribution in [0.1, 0.15) is 20.8 Å². The Morgan fingerprint density at radius 2 is 1.85 bits per heavy atom. The maximum absolute atomic E-state index is 6.07. The zero-order valence-corrected chi connectivity index (χ0v) is 12.8. The fraction of sp³-hybridized carbons (Fsp3) is 0.615. The van der Waals surface area contributed by atoms with Gasteiger partial charge in [-0.1, -0.05) is 11.6 Å². The Bertz CT molecular complexity index is 609. The Morgan fingerprint density at radius 1 is 1.15 bits per heavy atom. The number of halogens is 1. The number of aromatic nitrogens is 4. The van der Waals surface area contributed by atoms with Gasteiger partial charge >= 0.3 is 0 Å². The third kappa shape index (κ3) is 2.45. The molecule has 0 amide bonds. The normalized spacial score (nSPS) is 17.9. The van der Waals surface area contributed by atoms with Gasteiger partial charge in [0.1, 0.15) is 17.3 Å². The van der Waals surface area contributed by atoms with Crippen molar-refractivity contribution in [3.8, 4) is 0 Å². The molecule has 1 saturated heterocycles. The maximum Gasteiger partial charge on any atom is 0.255 e. The molecular weight excluding hydrogens is 276 g/mol. The third-order valence-electron chi connectivity index (χ3n) is 3.75. The van der Waals surface area contributed by atoms with Crippen LogP contribution in [0.5, 0.6) is 0 Å². The van der Waals surface area contributed by atoms with E-state index in [1.165, 1.54) is 6.33 Å². The molecule has 0 saturated carbocycles. The summed E-state index contributed by atoms with van der Waals surface area (Å²) >= 11 is 6.07. The Hall–Kier alpha value is -1.40. The van der Waals surface area contributed by atoms with Gasteiger partial charge in [-0.3, -0.25) is 4.90 Å². The Kier molecular flexibility index (Phi) is 3.30. The molecule has 0 N–H and O–H groups in total. The van der Waals surface area contributed by atoms with Crippen molar-refractivity contribution in [2.45, 2.75) is 26.3 Å². The summed E-state index contributed by atoms with van der Waals surface area (Å²) in [7, 11) is 0. The highest BCUT2D eigenvalue weighted by molar-refractivity contribution is 6.29. The SMILES string of the molecule is CC(C)(C)N1CCN(c2cc(Cl)nc3ncnn23)CC1. The monoisotopic (exact) mass is 294 g/mol. The molecule has 0 aromatic carbocycles. The predicted octanol–water partition coefficient (Wildman–Crippen LogP) is 1.70. The van der Waals surface area contributed by atoms with Gasteiger partial charge in [-0.15, -0.1) is 0 Å². The Labute approximate surface area is 123 Å². The van der Waals surface area contributed by atoms with Crippen molar-refractivity contribution in [3.63, 3.8) is 0 Å². The van der Waals surface area contributed by atoms with Gasteiger partial charge in [0, 0.05) is 37.8 Å². The first-order valence-electron chi connectivity index (χ1n) is 6.81. The summed E-state index contributed by atoms with van der Waals surface area (Å²) in [5.74, 6) is 1.51. The maximum atomic E-state index is 6.07. The molecule has 0 spiro atoms. The first kappa shape index (κ1) is 13.6. The number of fused-ring (bicyclic) bond motifs is 1. The zero-order chi connectivity index (χ0) is 14.3. The molecule has 1 fully saturated rings. The summed E-state index contributed by atoms with van der Waals surface area (Å²) < 4.78 is 1.75. The molecule has 3 rings (SSSR count). The summed E-state index contributed by atoms with van der Waals surface area (Å²) in [4.78, 5) is 13.1. The third-order valence-corrected chi connectivity index (χ3v) is 3.95. The second kappa shape index (κ2) is 4.86. The van der Waals surface area contributed by atoms with Crippen molar-refractivity contribution in [1.82, 2.24) is 24.5 Å². The van der Waals surface area contributed by atoms with E-state index in [4.69, 9.17) is 11.6 Å². The lowest BCUT2D eigenvalue weighted by Gasteiger charge is -2.42. The first-order chi connectivity index (χ1) is 9.45. The topological polar surface area (TPSA) is 49.6 Å². The van der Waals surface area contributed by atoms with E-state index in [0.717, 1.165) is 32.0 Å². The van der Waals surface area contributed by atoms with Crippen LogP contribution in [0.3, 0.4) is 0 Å². The van der Waals surface area contributed by atoms with E-state index in [1.54, 1.807) is 4.52 Å². The van der Waals surface area contributed by atoms with E-state index < -0.39 is 0 Å². The predicted molar refractivity (Wildman–Crippen MR) is 79.3 cm³/mol. The van der Waals surface area contributed by atoms with Gasteiger partial charge in [0.05, 0.1) is 0 Å². The summed E-state index contributed by atoms with van der Waals surface area (Å²) in [6.07, 6.45) is 1.51. The van der Waals surface area contributed by atoms with Crippen LogP contribution in [0.4, 0.5) is 5.82 Å². The van der Waals surface area contributed by atoms with E-state index in [-0.39, 0.29) is 5.54 Å². The Balaban J connectivity index is 1.85. The summed E-state index contributed by atoms with van der Waals surface area (Å²) in [6.45, 7) is 10.7. The molecule has 0 bridgehead atoms. The van der Waals surface area contributed by atoms with E-state index in [9.17, 15) is 0 Å². The van der Waals surface area contributed by atoms with Gasteiger partial charge in [-0.2, -0.15) is 19.6 Å². The van der Waals surface area contributed by atoms with Crippen molar-refractivity contribution in [3.05, 3.63) is 17.5 Å². The van der Waals surface area contributed by atoms with Crippen molar-refractivity contribution >= 4 is 23.2 Å². The zero-order valence-electron chi connectivity index (χ0n) is 12.0. The molecule has 7 heteroatoms. The smallest absolute Gasteiger partial charge is 0.255 e.